The number of hydrogen-bond acceptors (Lipinski definition) is 4. The Hall–Kier alpha value is -0.950. The van der Waals surface area contributed by atoms with Crippen LogP contribution in [0.25, 0.3) is 0 Å². The first-order valence-electron chi connectivity index (χ1n) is 7.07. The van der Waals surface area contributed by atoms with E-state index in [9.17, 15) is 8.42 Å². The topological polar surface area (TPSA) is 67.4 Å². The third kappa shape index (κ3) is 5.07. The number of aryl methyl sites for hydroxylation is 1. The SMILES string of the molecule is CNCc1cc(C)c(C)c(S(=O)(=O)NC(C)CCOC)c1. The zero-order valence-corrected chi connectivity index (χ0v) is 14.3. The molecule has 0 aliphatic heterocycles. The Morgan fingerprint density at radius 3 is 2.52 bits per heavy atom. The highest BCUT2D eigenvalue weighted by molar-refractivity contribution is 7.89. The molecule has 21 heavy (non-hydrogen) atoms. The van der Waals surface area contributed by atoms with Crippen molar-refractivity contribution in [2.24, 2.45) is 0 Å². The van der Waals surface area contributed by atoms with E-state index in [2.05, 4.69) is 10.0 Å². The van der Waals surface area contributed by atoms with Crippen molar-refractivity contribution in [2.75, 3.05) is 20.8 Å². The maximum Gasteiger partial charge on any atom is 0.241 e. The highest BCUT2D eigenvalue weighted by atomic mass is 32.2. The van der Waals surface area contributed by atoms with Gasteiger partial charge in [-0.1, -0.05) is 6.07 Å². The van der Waals surface area contributed by atoms with E-state index in [1.165, 1.54) is 0 Å². The van der Waals surface area contributed by atoms with Gasteiger partial charge in [0.25, 0.3) is 0 Å². The van der Waals surface area contributed by atoms with Crippen LogP contribution in [0.2, 0.25) is 0 Å². The largest absolute Gasteiger partial charge is 0.385 e. The Morgan fingerprint density at radius 1 is 1.29 bits per heavy atom. The van der Waals surface area contributed by atoms with Crippen LogP contribution in [0.3, 0.4) is 0 Å². The number of ether oxygens (including phenoxy) is 1. The van der Waals surface area contributed by atoms with Gasteiger partial charge < -0.3 is 10.1 Å². The number of hydrogen-bond donors (Lipinski definition) is 2. The number of methoxy groups -OCH3 is 1. The second kappa shape index (κ2) is 7.89. The second-order valence-electron chi connectivity index (χ2n) is 5.37. The minimum atomic E-state index is -3.52. The van der Waals surface area contributed by atoms with Gasteiger partial charge >= 0.3 is 0 Å². The Balaban J connectivity index is 3.06. The Kier molecular flexibility index (Phi) is 6.80. The second-order valence-corrected chi connectivity index (χ2v) is 7.05. The summed E-state index contributed by atoms with van der Waals surface area (Å²) in [6.45, 7) is 6.79. The smallest absolute Gasteiger partial charge is 0.241 e. The molecule has 1 unspecified atom stereocenters. The molecule has 2 N–H and O–H groups in total. The summed E-state index contributed by atoms with van der Waals surface area (Å²) in [5.74, 6) is 0. The van der Waals surface area contributed by atoms with E-state index >= 15 is 0 Å². The zero-order valence-electron chi connectivity index (χ0n) is 13.5. The van der Waals surface area contributed by atoms with Crippen LogP contribution in [0.15, 0.2) is 17.0 Å². The molecule has 0 saturated heterocycles. The van der Waals surface area contributed by atoms with Gasteiger partial charge in [0.1, 0.15) is 0 Å². The van der Waals surface area contributed by atoms with Crippen LogP contribution in [-0.2, 0) is 21.3 Å². The van der Waals surface area contributed by atoms with Gasteiger partial charge in [0.15, 0.2) is 0 Å². The maximum atomic E-state index is 12.6. The van der Waals surface area contributed by atoms with Gasteiger partial charge in [-0.25, -0.2) is 13.1 Å². The summed E-state index contributed by atoms with van der Waals surface area (Å²) in [6, 6.07) is 3.59. The molecule has 1 aromatic rings. The van der Waals surface area contributed by atoms with Crippen molar-refractivity contribution in [3.63, 3.8) is 0 Å². The van der Waals surface area contributed by atoms with Crippen LogP contribution >= 0.6 is 0 Å². The fraction of sp³-hybridized carbons (Fsp3) is 0.600. The molecule has 0 spiro atoms. The molecule has 1 atom stereocenters. The van der Waals surface area contributed by atoms with Crippen LogP contribution < -0.4 is 10.0 Å². The third-order valence-corrected chi connectivity index (χ3v) is 5.18. The fourth-order valence-electron chi connectivity index (χ4n) is 2.17. The number of benzene rings is 1. The van der Waals surface area contributed by atoms with Crippen molar-refractivity contribution in [3.05, 3.63) is 28.8 Å². The van der Waals surface area contributed by atoms with E-state index < -0.39 is 10.0 Å². The van der Waals surface area contributed by atoms with Gasteiger partial charge in [-0.15, -0.1) is 0 Å². The lowest BCUT2D eigenvalue weighted by Crippen LogP contribution is -2.34. The molecule has 6 heteroatoms. The lowest BCUT2D eigenvalue weighted by molar-refractivity contribution is 0.188. The average Bonchev–Trinajstić information content (AvgIpc) is 2.40. The monoisotopic (exact) mass is 314 g/mol. The summed E-state index contributed by atoms with van der Waals surface area (Å²) in [5.41, 5.74) is 2.74. The standard InChI is InChI=1S/C15H26N2O3S/c1-11-8-14(10-16-4)9-15(13(11)3)21(18,19)17-12(2)6-7-20-5/h8-9,12,16-17H,6-7,10H2,1-5H3. The maximum absolute atomic E-state index is 12.6. The Morgan fingerprint density at radius 2 is 1.95 bits per heavy atom. The highest BCUT2D eigenvalue weighted by Gasteiger charge is 2.21. The van der Waals surface area contributed by atoms with Crippen LogP contribution in [0.1, 0.15) is 30.0 Å². The summed E-state index contributed by atoms with van der Waals surface area (Å²) >= 11 is 0. The van der Waals surface area contributed by atoms with Crippen molar-refractivity contribution in [3.8, 4) is 0 Å². The predicted octanol–water partition coefficient (Wildman–Crippen LogP) is 1.73. The average molecular weight is 314 g/mol. The zero-order chi connectivity index (χ0) is 16.0. The van der Waals surface area contributed by atoms with Crippen molar-refractivity contribution in [2.45, 2.75) is 44.7 Å². The normalized spacial score (nSPS) is 13.4. The molecule has 1 rings (SSSR count). The molecule has 5 nitrogen and oxygen atoms in total. The Bertz CT molecular complexity index is 571. The van der Waals surface area contributed by atoms with E-state index in [4.69, 9.17) is 4.74 Å². The molecule has 0 fully saturated rings. The minimum absolute atomic E-state index is 0.164. The summed E-state index contributed by atoms with van der Waals surface area (Å²) in [5, 5.41) is 3.05. The summed E-state index contributed by atoms with van der Waals surface area (Å²) in [7, 11) is -0.0685. The van der Waals surface area contributed by atoms with Crippen molar-refractivity contribution >= 4 is 10.0 Å². The van der Waals surface area contributed by atoms with Crippen LogP contribution in [0, 0.1) is 13.8 Å². The molecule has 0 amide bonds. The van der Waals surface area contributed by atoms with Crippen molar-refractivity contribution in [1.29, 1.82) is 0 Å². The summed E-state index contributed by atoms with van der Waals surface area (Å²) < 4.78 is 32.8. The minimum Gasteiger partial charge on any atom is -0.385 e. The van der Waals surface area contributed by atoms with Gasteiger partial charge in [0, 0.05) is 26.3 Å². The highest BCUT2D eigenvalue weighted by Crippen LogP contribution is 2.21. The van der Waals surface area contributed by atoms with Crippen molar-refractivity contribution < 1.29 is 13.2 Å². The Labute approximate surface area is 128 Å². The molecule has 0 aliphatic carbocycles. The molecule has 0 bridgehead atoms. The number of rotatable bonds is 8. The molecule has 0 aromatic heterocycles. The number of sulfonamides is 1. The van der Waals surface area contributed by atoms with E-state index in [-0.39, 0.29) is 6.04 Å². The van der Waals surface area contributed by atoms with Gasteiger partial charge in [0.2, 0.25) is 10.0 Å². The van der Waals surface area contributed by atoms with Crippen LogP contribution in [0.4, 0.5) is 0 Å². The first-order chi connectivity index (χ1) is 9.81. The van der Waals surface area contributed by atoms with E-state index in [0.29, 0.717) is 24.5 Å². The first kappa shape index (κ1) is 18.1. The lowest BCUT2D eigenvalue weighted by atomic mass is 10.1. The molecule has 120 valence electrons. The molecule has 0 heterocycles. The van der Waals surface area contributed by atoms with Crippen molar-refractivity contribution in [1.82, 2.24) is 10.0 Å². The van der Waals surface area contributed by atoms with Gasteiger partial charge in [0.05, 0.1) is 4.90 Å². The van der Waals surface area contributed by atoms with E-state index in [1.54, 1.807) is 13.2 Å². The molecular weight excluding hydrogens is 288 g/mol. The van der Waals surface area contributed by atoms with Crippen LogP contribution in [-0.4, -0.2) is 35.2 Å². The molecule has 0 aliphatic rings. The predicted molar refractivity (Wildman–Crippen MR) is 85.0 cm³/mol. The number of nitrogens with one attached hydrogen (secondary N) is 2. The van der Waals surface area contributed by atoms with E-state index in [0.717, 1.165) is 16.7 Å². The lowest BCUT2D eigenvalue weighted by Gasteiger charge is -2.17. The summed E-state index contributed by atoms with van der Waals surface area (Å²) in [6.07, 6.45) is 0.643. The molecule has 1 aromatic carbocycles. The van der Waals surface area contributed by atoms with Gasteiger partial charge in [-0.2, -0.15) is 0 Å². The molecule has 0 saturated carbocycles. The first-order valence-corrected chi connectivity index (χ1v) is 8.56. The van der Waals surface area contributed by atoms with Gasteiger partial charge in [-0.3, -0.25) is 0 Å². The fourth-order valence-corrected chi connectivity index (χ4v) is 3.81. The van der Waals surface area contributed by atoms with Gasteiger partial charge in [-0.05, 0) is 57.0 Å². The third-order valence-electron chi connectivity index (χ3n) is 3.46. The molecular formula is C15H26N2O3S. The molecule has 0 radical (unpaired) electrons. The van der Waals surface area contributed by atoms with Crippen LogP contribution in [0.5, 0.6) is 0 Å². The summed E-state index contributed by atoms with van der Waals surface area (Å²) in [4.78, 5) is 0.358. The van der Waals surface area contributed by atoms with E-state index in [1.807, 2.05) is 33.9 Å². The quantitative estimate of drug-likeness (QED) is 0.767.